The van der Waals surface area contributed by atoms with Crippen LogP contribution in [0.2, 0.25) is 0 Å². The second kappa shape index (κ2) is 10.7. The fourth-order valence-electron chi connectivity index (χ4n) is 3.95. The van der Waals surface area contributed by atoms with Gasteiger partial charge >= 0.3 is 6.61 Å². The lowest BCUT2D eigenvalue weighted by Crippen LogP contribution is -2.28. The number of carbonyl (C=O) groups excluding carboxylic acids is 1. The van der Waals surface area contributed by atoms with Gasteiger partial charge in [0, 0.05) is 29.8 Å². The quantitative estimate of drug-likeness (QED) is 0.258. The number of nitrogens with zero attached hydrogens (tertiary/aromatic N) is 1. The van der Waals surface area contributed by atoms with E-state index in [-0.39, 0.29) is 34.2 Å². The molecule has 182 valence electrons. The van der Waals surface area contributed by atoms with E-state index in [1.54, 1.807) is 6.92 Å². The molecule has 34 heavy (non-hydrogen) atoms. The van der Waals surface area contributed by atoms with Gasteiger partial charge < -0.3 is 15.8 Å². The van der Waals surface area contributed by atoms with E-state index in [4.69, 9.17) is 5.73 Å². The Morgan fingerprint density at radius 2 is 1.79 bits per heavy atom. The molecule has 5 nitrogen and oxygen atoms in total. The number of nitrogens with two attached hydrogens (primary N) is 1. The van der Waals surface area contributed by atoms with Crippen molar-refractivity contribution in [1.82, 2.24) is 0 Å². The van der Waals surface area contributed by atoms with Gasteiger partial charge in [0.15, 0.2) is 0 Å². The van der Waals surface area contributed by atoms with E-state index >= 15 is 0 Å². The van der Waals surface area contributed by atoms with Crippen LogP contribution in [0.5, 0.6) is 5.75 Å². The Hall–Kier alpha value is -3.36. The molecule has 1 fully saturated rings. The summed E-state index contributed by atoms with van der Waals surface area (Å²) >= 11 is 0. The number of rotatable bonds is 8. The Labute approximate surface area is 195 Å². The van der Waals surface area contributed by atoms with Crippen LogP contribution in [-0.4, -0.2) is 18.2 Å². The first-order valence-corrected chi connectivity index (χ1v) is 10.9. The molecule has 1 aliphatic carbocycles. The summed E-state index contributed by atoms with van der Waals surface area (Å²) < 4.78 is 56.7. The summed E-state index contributed by atoms with van der Waals surface area (Å²) in [7, 11) is 0. The van der Waals surface area contributed by atoms with E-state index in [0.717, 1.165) is 32.6 Å². The molecule has 2 aromatic carbocycles. The Balaban J connectivity index is 1.94. The fourth-order valence-corrected chi connectivity index (χ4v) is 3.95. The molecule has 0 aromatic heterocycles. The summed E-state index contributed by atoms with van der Waals surface area (Å²) in [5, 5.41) is 2.66. The molecule has 0 aliphatic heterocycles. The zero-order chi connectivity index (χ0) is 24.9. The summed E-state index contributed by atoms with van der Waals surface area (Å²) in [6.45, 7) is -0.575. The van der Waals surface area contributed by atoms with Crippen LogP contribution in [0.3, 0.4) is 0 Å². The van der Waals surface area contributed by atoms with Crippen LogP contribution in [0.25, 0.3) is 0 Å². The van der Waals surface area contributed by atoms with E-state index in [1.807, 2.05) is 0 Å². The van der Waals surface area contributed by atoms with Crippen LogP contribution in [-0.2, 0) is 10.7 Å². The van der Waals surface area contributed by atoms with Crippen molar-refractivity contribution in [2.45, 2.75) is 52.1 Å². The average molecular weight is 478 g/mol. The lowest BCUT2D eigenvalue weighted by molar-refractivity contribution is -0.112. The van der Waals surface area contributed by atoms with E-state index in [9.17, 15) is 22.4 Å². The highest BCUT2D eigenvalue weighted by Gasteiger charge is 2.29. The second-order valence-corrected chi connectivity index (χ2v) is 8.33. The lowest BCUT2D eigenvalue weighted by Gasteiger charge is -2.19. The third kappa shape index (κ3) is 6.59. The van der Waals surface area contributed by atoms with E-state index in [0.29, 0.717) is 11.4 Å². The third-order valence-electron chi connectivity index (χ3n) is 5.56. The Morgan fingerprint density at radius 1 is 1.15 bits per heavy atom. The predicted molar refractivity (Wildman–Crippen MR) is 124 cm³/mol. The van der Waals surface area contributed by atoms with Crippen molar-refractivity contribution in [3.05, 3.63) is 65.4 Å². The van der Waals surface area contributed by atoms with Crippen LogP contribution in [0.1, 0.15) is 45.1 Å². The Morgan fingerprint density at radius 3 is 2.35 bits per heavy atom. The minimum absolute atomic E-state index is 0.00696. The molecule has 0 heterocycles. The van der Waals surface area contributed by atoms with E-state index in [1.165, 1.54) is 48.5 Å². The molecule has 0 unspecified atom stereocenters. The van der Waals surface area contributed by atoms with Gasteiger partial charge in [0.2, 0.25) is 0 Å². The van der Waals surface area contributed by atoms with Gasteiger partial charge in [-0.1, -0.05) is 25.0 Å². The van der Waals surface area contributed by atoms with Gasteiger partial charge in [-0.3, -0.25) is 9.79 Å². The summed E-state index contributed by atoms with van der Waals surface area (Å²) in [6, 6.07) is 11.2. The topological polar surface area (TPSA) is 76.7 Å². The fraction of sp³-hybridized carbons (Fsp3) is 0.360. The predicted octanol–water partition coefficient (Wildman–Crippen LogP) is 6.53. The monoisotopic (exact) mass is 477 g/mol. The van der Waals surface area contributed by atoms with Crippen molar-refractivity contribution in [2.24, 2.45) is 16.6 Å². The number of anilines is 1. The van der Waals surface area contributed by atoms with Crippen LogP contribution in [0.15, 0.2) is 64.8 Å². The number of alkyl halides is 4. The van der Waals surface area contributed by atoms with Gasteiger partial charge in [-0.15, -0.1) is 0 Å². The molecule has 9 heteroatoms. The highest BCUT2D eigenvalue weighted by molar-refractivity contribution is 6.27. The third-order valence-corrected chi connectivity index (χ3v) is 5.56. The molecule has 0 radical (unpaired) electrons. The number of halogens is 4. The largest absolute Gasteiger partial charge is 0.435 e. The summed E-state index contributed by atoms with van der Waals surface area (Å²) in [6.07, 6.45) is 3.56. The number of hydrogen-bond donors (Lipinski definition) is 2. The van der Waals surface area contributed by atoms with Gasteiger partial charge in [-0.25, -0.2) is 8.78 Å². The number of ether oxygens (including phenoxy) is 1. The zero-order valence-electron chi connectivity index (χ0n) is 19.0. The van der Waals surface area contributed by atoms with E-state index < -0.39 is 18.4 Å². The molecule has 0 spiro atoms. The maximum Gasteiger partial charge on any atom is 0.387 e. The molecule has 1 amide bonds. The first-order valence-electron chi connectivity index (χ1n) is 10.9. The molecule has 1 aliphatic rings. The average Bonchev–Trinajstić information content (AvgIpc) is 3.28. The normalized spacial score (nSPS) is 15.9. The Bertz CT molecular complexity index is 1070. The molecular formula is C25H27F4N3O2. The first-order chi connectivity index (χ1) is 16.0. The summed E-state index contributed by atoms with van der Waals surface area (Å²) in [5.74, 6) is -3.64. The molecule has 3 rings (SSSR count). The molecule has 2 aromatic rings. The molecule has 0 atom stereocenters. The number of nitrogens with one attached hydrogen (secondary N) is 1. The number of carbonyl (C=O) groups is 1. The van der Waals surface area contributed by atoms with Gasteiger partial charge in [-0.2, -0.15) is 8.78 Å². The van der Waals surface area contributed by atoms with Crippen LogP contribution in [0, 0.1) is 5.92 Å². The molecule has 3 N–H and O–H groups in total. The summed E-state index contributed by atoms with van der Waals surface area (Å²) in [5.41, 5.74) is 7.43. The number of hydrogen-bond acceptors (Lipinski definition) is 4. The highest BCUT2D eigenvalue weighted by atomic mass is 19.3. The first kappa shape index (κ1) is 25.3. The number of allylic oxidation sites excluding steroid dienone is 1. The zero-order valence-corrected chi connectivity index (χ0v) is 19.0. The van der Waals surface area contributed by atoms with Gasteiger partial charge in [0.25, 0.3) is 11.8 Å². The minimum Gasteiger partial charge on any atom is -0.435 e. The van der Waals surface area contributed by atoms with Gasteiger partial charge in [0.05, 0.1) is 17.0 Å². The van der Waals surface area contributed by atoms with Gasteiger partial charge in [0.1, 0.15) is 5.75 Å². The highest BCUT2D eigenvalue weighted by Crippen LogP contribution is 2.33. The number of aliphatic imine (C=N–C) groups is 1. The molecular weight excluding hydrogens is 450 g/mol. The van der Waals surface area contributed by atoms with E-state index in [2.05, 4.69) is 15.0 Å². The van der Waals surface area contributed by atoms with Crippen molar-refractivity contribution in [2.75, 3.05) is 5.32 Å². The number of benzene rings is 2. The van der Waals surface area contributed by atoms with Crippen LogP contribution < -0.4 is 15.8 Å². The molecule has 0 bridgehead atoms. The van der Waals surface area contributed by atoms with Gasteiger partial charge in [-0.05, 0) is 56.2 Å². The van der Waals surface area contributed by atoms with Crippen molar-refractivity contribution < 1.29 is 27.1 Å². The van der Waals surface area contributed by atoms with Crippen LogP contribution >= 0.6 is 0 Å². The molecule has 0 saturated heterocycles. The smallest absolute Gasteiger partial charge is 0.387 e. The minimum atomic E-state index is -3.06. The lowest BCUT2D eigenvalue weighted by atomic mass is 9.93. The van der Waals surface area contributed by atoms with Crippen molar-refractivity contribution in [1.29, 1.82) is 0 Å². The Kier molecular flexibility index (Phi) is 7.96. The van der Waals surface area contributed by atoms with Crippen molar-refractivity contribution in [3.63, 3.8) is 0 Å². The second-order valence-electron chi connectivity index (χ2n) is 8.33. The van der Waals surface area contributed by atoms with Crippen molar-refractivity contribution >= 4 is 23.0 Å². The number of amides is 1. The maximum atomic E-state index is 13.7. The van der Waals surface area contributed by atoms with Crippen LogP contribution in [0.4, 0.5) is 28.9 Å². The summed E-state index contributed by atoms with van der Waals surface area (Å²) in [4.78, 5) is 17.9. The maximum absolute atomic E-state index is 13.7. The standard InChI is InChI=1S/C25H27F4N3O2/c1-15(30)21(23(33)32-19-9-5-8-17(14-19)25(2,28)29)22(16-6-3-4-7-16)31-18-10-12-20(13-11-18)34-24(26)27/h5,8-14,16,24H,3-4,6-7,30H2,1-2H3,(H,32,33)/b21-15+,31-22?. The molecule has 1 saturated carbocycles. The van der Waals surface area contributed by atoms with Crippen molar-refractivity contribution in [3.8, 4) is 5.75 Å². The SMILES string of the molecule is C/C(N)=C(\C(=O)Nc1cccc(C(C)(F)F)c1)C(=Nc1ccc(OC(F)F)cc1)C1CCCC1.